The van der Waals surface area contributed by atoms with Gasteiger partial charge in [0.15, 0.2) is 0 Å². The summed E-state index contributed by atoms with van der Waals surface area (Å²) in [6.45, 7) is 6.94. The molecule has 1 atom stereocenters. The number of fused-ring (bicyclic) bond motifs is 1. The Labute approximate surface area is 146 Å². The molecule has 3 aliphatic heterocycles. The third-order valence-electron chi connectivity index (χ3n) is 4.82. The molecule has 1 aromatic heterocycles. The molecule has 126 valence electrons. The number of nitrogens with zero attached hydrogens (tertiary/aromatic N) is 4. The number of halogens is 1. The molecule has 0 aromatic carbocycles. The molecule has 1 unspecified atom stereocenters. The lowest BCUT2D eigenvalue weighted by Crippen LogP contribution is -2.37. The van der Waals surface area contributed by atoms with Crippen molar-refractivity contribution < 1.29 is 4.74 Å². The van der Waals surface area contributed by atoms with Gasteiger partial charge in [-0.05, 0) is 37.5 Å². The zero-order chi connectivity index (χ0) is 15.6. The lowest BCUT2D eigenvalue weighted by molar-refractivity contribution is 0.122. The number of anilines is 1. The van der Waals surface area contributed by atoms with Gasteiger partial charge in [-0.25, -0.2) is 4.98 Å². The Balaban J connectivity index is 1.50. The van der Waals surface area contributed by atoms with Gasteiger partial charge in [-0.1, -0.05) is 6.42 Å². The van der Waals surface area contributed by atoms with Crippen molar-refractivity contribution in [2.45, 2.75) is 35.8 Å². The first-order chi connectivity index (χ1) is 11.3. The fraction of sp³-hybridized carbons (Fsp3) is 0.750. The van der Waals surface area contributed by atoms with Gasteiger partial charge < -0.3 is 14.5 Å². The summed E-state index contributed by atoms with van der Waals surface area (Å²) < 4.78 is 5.46. The molecular formula is C16H23ClN4OS. The van der Waals surface area contributed by atoms with Crippen LogP contribution in [0.25, 0.3) is 0 Å². The van der Waals surface area contributed by atoms with Crippen molar-refractivity contribution in [2.75, 3.05) is 50.8 Å². The third-order valence-corrected chi connectivity index (χ3v) is 6.29. The van der Waals surface area contributed by atoms with E-state index in [1.165, 1.54) is 37.2 Å². The van der Waals surface area contributed by atoms with Crippen LogP contribution in [0.2, 0.25) is 5.28 Å². The highest BCUT2D eigenvalue weighted by Gasteiger charge is 2.31. The Kier molecular flexibility index (Phi) is 4.94. The average molecular weight is 355 g/mol. The Hall–Kier alpha value is -0.560. The van der Waals surface area contributed by atoms with Crippen molar-refractivity contribution in [3.63, 3.8) is 0 Å². The van der Waals surface area contributed by atoms with E-state index >= 15 is 0 Å². The van der Waals surface area contributed by atoms with E-state index in [1.54, 1.807) is 0 Å². The normalized spacial score (nSPS) is 25.6. The Morgan fingerprint density at radius 2 is 1.87 bits per heavy atom. The zero-order valence-electron chi connectivity index (χ0n) is 13.3. The highest BCUT2D eigenvalue weighted by atomic mass is 35.5. The van der Waals surface area contributed by atoms with Crippen molar-refractivity contribution in [3.8, 4) is 0 Å². The largest absolute Gasteiger partial charge is 0.378 e. The van der Waals surface area contributed by atoms with E-state index in [-0.39, 0.29) is 0 Å². The predicted molar refractivity (Wildman–Crippen MR) is 93.7 cm³/mol. The number of ether oxygens (including phenoxy) is 1. The summed E-state index contributed by atoms with van der Waals surface area (Å²) in [7, 11) is 0. The van der Waals surface area contributed by atoms with Crippen LogP contribution in [-0.4, -0.2) is 66.1 Å². The molecule has 0 radical (unpaired) electrons. The van der Waals surface area contributed by atoms with Crippen LogP contribution in [0.3, 0.4) is 0 Å². The SMILES string of the molecule is Clc1nc2c(c(N3CCOCC3)n1)SC(CN1CCCCC1)C2. The minimum atomic E-state index is 0.379. The summed E-state index contributed by atoms with van der Waals surface area (Å²) in [6, 6.07) is 0. The van der Waals surface area contributed by atoms with Crippen LogP contribution in [0.15, 0.2) is 4.90 Å². The van der Waals surface area contributed by atoms with Crippen molar-refractivity contribution in [3.05, 3.63) is 11.0 Å². The van der Waals surface area contributed by atoms with Gasteiger partial charge in [0.2, 0.25) is 5.28 Å². The molecule has 0 aliphatic carbocycles. The first-order valence-corrected chi connectivity index (χ1v) is 9.83. The average Bonchev–Trinajstić information content (AvgIpc) is 2.98. The molecular weight excluding hydrogens is 332 g/mol. The first kappa shape index (κ1) is 15.9. The van der Waals surface area contributed by atoms with E-state index in [1.807, 2.05) is 11.8 Å². The molecule has 7 heteroatoms. The van der Waals surface area contributed by atoms with Gasteiger partial charge in [0, 0.05) is 31.3 Å². The molecule has 0 saturated carbocycles. The number of hydrogen-bond donors (Lipinski definition) is 0. The second-order valence-corrected chi connectivity index (χ2v) is 8.15. The monoisotopic (exact) mass is 354 g/mol. The molecule has 0 bridgehead atoms. The quantitative estimate of drug-likeness (QED) is 0.777. The minimum absolute atomic E-state index is 0.379. The van der Waals surface area contributed by atoms with Crippen LogP contribution >= 0.6 is 23.4 Å². The van der Waals surface area contributed by atoms with Crippen LogP contribution in [0.4, 0.5) is 5.82 Å². The molecule has 0 amide bonds. The fourth-order valence-corrected chi connectivity index (χ4v) is 5.25. The van der Waals surface area contributed by atoms with Gasteiger partial charge in [-0.15, -0.1) is 11.8 Å². The number of piperidine rings is 1. The molecule has 2 saturated heterocycles. The van der Waals surface area contributed by atoms with Gasteiger partial charge in [0.1, 0.15) is 5.82 Å². The Morgan fingerprint density at radius 1 is 1.09 bits per heavy atom. The Bertz CT molecular complexity index is 561. The molecule has 2 fully saturated rings. The van der Waals surface area contributed by atoms with E-state index in [4.69, 9.17) is 16.3 Å². The molecule has 5 nitrogen and oxygen atoms in total. The fourth-order valence-electron chi connectivity index (χ4n) is 3.66. The molecule has 23 heavy (non-hydrogen) atoms. The van der Waals surface area contributed by atoms with Crippen LogP contribution in [0, 0.1) is 0 Å². The van der Waals surface area contributed by atoms with Gasteiger partial charge in [-0.2, -0.15) is 4.98 Å². The van der Waals surface area contributed by atoms with Gasteiger partial charge >= 0.3 is 0 Å². The summed E-state index contributed by atoms with van der Waals surface area (Å²) in [4.78, 5) is 15.2. The van der Waals surface area contributed by atoms with Crippen LogP contribution in [0.5, 0.6) is 0 Å². The second-order valence-electron chi connectivity index (χ2n) is 6.50. The summed E-state index contributed by atoms with van der Waals surface area (Å²) in [5, 5.41) is 0.958. The predicted octanol–water partition coefficient (Wildman–Crippen LogP) is 2.47. The summed E-state index contributed by atoms with van der Waals surface area (Å²) in [5.74, 6) is 1.02. The van der Waals surface area contributed by atoms with Gasteiger partial charge in [-0.3, -0.25) is 0 Å². The Morgan fingerprint density at radius 3 is 2.65 bits per heavy atom. The molecule has 4 heterocycles. The topological polar surface area (TPSA) is 41.5 Å². The standard InChI is InChI=1S/C16H23ClN4OS/c17-16-18-13-10-12(11-20-4-2-1-3-5-20)23-14(13)15(19-16)21-6-8-22-9-7-21/h12H,1-11H2. The number of rotatable bonds is 3. The van der Waals surface area contributed by atoms with Crippen LogP contribution in [0.1, 0.15) is 25.0 Å². The van der Waals surface area contributed by atoms with Crippen molar-refractivity contribution >= 4 is 29.2 Å². The second kappa shape index (κ2) is 7.13. The summed E-state index contributed by atoms with van der Waals surface area (Å²) in [6.07, 6.45) is 5.08. The van der Waals surface area contributed by atoms with Crippen molar-refractivity contribution in [2.24, 2.45) is 0 Å². The van der Waals surface area contributed by atoms with E-state index < -0.39 is 0 Å². The van der Waals surface area contributed by atoms with E-state index in [0.29, 0.717) is 10.5 Å². The summed E-state index contributed by atoms with van der Waals surface area (Å²) >= 11 is 8.14. The molecule has 1 aromatic rings. The maximum Gasteiger partial charge on any atom is 0.224 e. The van der Waals surface area contributed by atoms with Gasteiger partial charge in [0.05, 0.1) is 23.8 Å². The van der Waals surface area contributed by atoms with Crippen molar-refractivity contribution in [1.29, 1.82) is 0 Å². The zero-order valence-corrected chi connectivity index (χ0v) is 14.9. The van der Waals surface area contributed by atoms with Gasteiger partial charge in [0.25, 0.3) is 0 Å². The van der Waals surface area contributed by atoms with E-state index in [0.717, 1.165) is 50.8 Å². The molecule has 0 spiro atoms. The highest BCUT2D eigenvalue weighted by Crippen LogP contribution is 2.42. The van der Waals surface area contributed by atoms with Crippen LogP contribution in [-0.2, 0) is 11.2 Å². The van der Waals surface area contributed by atoms with E-state index in [9.17, 15) is 0 Å². The van der Waals surface area contributed by atoms with E-state index in [2.05, 4.69) is 19.8 Å². The molecule has 3 aliphatic rings. The maximum absolute atomic E-state index is 6.19. The minimum Gasteiger partial charge on any atom is -0.378 e. The third kappa shape index (κ3) is 3.60. The summed E-state index contributed by atoms with van der Waals surface area (Å²) in [5.41, 5.74) is 1.14. The molecule has 4 rings (SSSR count). The number of thioether (sulfide) groups is 1. The number of likely N-dealkylation sites (tertiary alicyclic amines) is 1. The highest BCUT2D eigenvalue weighted by molar-refractivity contribution is 8.00. The number of hydrogen-bond acceptors (Lipinski definition) is 6. The lowest BCUT2D eigenvalue weighted by atomic mass is 10.1. The maximum atomic E-state index is 6.19. The van der Waals surface area contributed by atoms with Crippen LogP contribution < -0.4 is 4.90 Å². The lowest BCUT2D eigenvalue weighted by Gasteiger charge is -2.29. The van der Waals surface area contributed by atoms with Crippen molar-refractivity contribution in [1.82, 2.24) is 14.9 Å². The number of morpholine rings is 1. The smallest absolute Gasteiger partial charge is 0.224 e. The molecule has 0 N–H and O–H groups in total. The first-order valence-electron chi connectivity index (χ1n) is 8.58. The number of aromatic nitrogens is 2.